The van der Waals surface area contributed by atoms with Crippen LogP contribution in [0, 0.1) is 0 Å². The van der Waals surface area contributed by atoms with Gasteiger partial charge in [0.15, 0.2) is 0 Å². The molecule has 0 unspecified atom stereocenters. The lowest BCUT2D eigenvalue weighted by Gasteiger charge is -2.37. The molecule has 2 aliphatic carbocycles. The lowest BCUT2D eigenvalue weighted by molar-refractivity contribution is -0.117. The number of carbonyl (C=O) groups excluding carboxylic acids is 2. The summed E-state index contributed by atoms with van der Waals surface area (Å²) in [5, 5.41) is 0. The molecule has 7 rings (SSSR count). The molecule has 5 aliphatic rings. The van der Waals surface area contributed by atoms with Crippen LogP contribution in [0.2, 0.25) is 0 Å². The highest BCUT2D eigenvalue weighted by Gasteiger charge is 2.36. The number of benzene rings is 1. The number of amides is 2. The fraction of sp³-hybridized carbons (Fsp3) is 0.552. The molecule has 5 fully saturated rings. The van der Waals surface area contributed by atoms with E-state index in [9.17, 15) is 18.0 Å². The quantitative estimate of drug-likeness (QED) is 0.548. The Morgan fingerprint density at radius 3 is 2.31 bits per heavy atom. The second-order valence-electron chi connectivity index (χ2n) is 11.6. The number of piperazine rings is 1. The number of rotatable bonds is 6. The molecule has 0 bridgehead atoms. The highest BCUT2D eigenvalue weighted by atomic mass is 32.2. The zero-order chi connectivity index (χ0) is 26.7. The van der Waals surface area contributed by atoms with Gasteiger partial charge in [-0.15, -0.1) is 0 Å². The summed E-state index contributed by atoms with van der Waals surface area (Å²) in [5.41, 5.74) is 4.18. The van der Waals surface area contributed by atoms with Crippen LogP contribution in [-0.2, 0) is 14.8 Å². The summed E-state index contributed by atoms with van der Waals surface area (Å²) >= 11 is 0. The SMILES string of the molecule is O=C(c1ccc(N2CCCC2=O)cc1N1CCCS1(=O)=O)N1CCN(c2ncc(C3CC3)cc2C2CC2)CC1. The molecular weight excluding hydrogens is 514 g/mol. The maximum Gasteiger partial charge on any atom is 0.256 e. The molecule has 2 saturated carbocycles. The van der Waals surface area contributed by atoms with Crippen LogP contribution in [0.3, 0.4) is 0 Å². The highest BCUT2D eigenvalue weighted by molar-refractivity contribution is 7.93. The van der Waals surface area contributed by atoms with Crippen LogP contribution in [-0.4, -0.2) is 75.1 Å². The molecule has 2 amide bonds. The summed E-state index contributed by atoms with van der Waals surface area (Å²) in [5.74, 6) is 2.30. The van der Waals surface area contributed by atoms with Crippen molar-refractivity contribution in [3.05, 3.63) is 47.2 Å². The van der Waals surface area contributed by atoms with E-state index >= 15 is 0 Å². The smallest absolute Gasteiger partial charge is 0.256 e. The molecule has 9 nitrogen and oxygen atoms in total. The number of anilines is 3. The van der Waals surface area contributed by atoms with Crippen LogP contribution in [0.15, 0.2) is 30.5 Å². The molecule has 0 radical (unpaired) electrons. The standard InChI is InChI=1S/C29H35N5O4S/c35-27-3-1-10-33(27)23-8-9-24(26(18-23)34-11-2-16-39(34,37)38)29(36)32-14-12-31(13-15-32)28-25(21-6-7-21)17-22(19-30-28)20-4-5-20/h8-9,17-21H,1-7,10-16H2. The Balaban J connectivity index is 1.13. The van der Waals surface area contributed by atoms with Gasteiger partial charge in [-0.3, -0.25) is 13.9 Å². The molecule has 1 aromatic carbocycles. The van der Waals surface area contributed by atoms with Gasteiger partial charge in [-0.05, 0) is 79.7 Å². The average Bonchev–Trinajstić information content (AvgIpc) is 3.88. The summed E-state index contributed by atoms with van der Waals surface area (Å²) in [6.45, 7) is 3.44. The van der Waals surface area contributed by atoms with Crippen LogP contribution in [0.4, 0.5) is 17.2 Å². The molecule has 3 saturated heterocycles. The largest absolute Gasteiger partial charge is 0.353 e. The van der Waals surface area contributed by atoms with Crippen molar-refractivity contribution < 1.29 is 18.0 Å². The molecule has 10 heteroatoms. The minimum atomic E-state index is -3.50. The summed E-state index contributed by atoms with van der Waals surface area (Å²) in [7, 11) is -3.50. The number of hydrogen-bond donors (Lipinski definition) is 0. The lowest BCUT2D eigenvalue weighted by atomic mass is 10.1. The summed E-state index contributed by atoms with van der Waals surface area (Å²) in [4.78, 5) is 36.9. The number of nitrogens with zero attached hydrogens (tertiary/aromatic N) is 5. The van der Waals surface area contributed by atoms with Crippen molar-refractivity contribution in [3.8, 4) is 0 Å². The van der Waals surface area contributed by atoms with Crippen LogP contribution in [0.25, 0.3) is 0 Å². The van der Waals surface area contributed by atoms with Crippen molar-refractivity contribution in [2.24, 2.45) is 0 Å². The molecule has 2 aromatic rings. The van der Waals surface area contributed by atoms with Gasteiger partial charge in [-0.25, -0.2) is 13.4 Å². The van der Waals surface area contributed by atoms with Crippen molar-refractivity contribution in [2.45, 2.75) is 56.8 Å². The molecule has 3 aliphatic heterocycles. The Morgan fingerprint density at radius 1 is 0.897 bits per heavy atom. The highest BCUT2D eigenvalue weighted by Crippen LogP contribution is 2.47. The Kier molecular flexibility index (Phi) is 6.06. The first kappa shape index (κ1) is 24.9. The zero-order valence-electron chi connectivity index (χ0n) is 22.2. The zero-order valence-corrected chi connectivity index (χ0v) is 23.0. The Hall–Kier alpha value is -3.14. The predicted molar refractivity (Wildman–Crippen MR) is 150 cm³/mol. The third-order valence-corrected chi connectivity index (χ3v) is 10.7. The van der Waals surface area contributed by atoms with E-state index in [0.717, 1.165) is 12.2 Å². The monoisotopic (exact) mass is 549 g/mol. The van der Waals surface area contributed by atoms with Crippen LogP contribution < -0.4 is 14.1 Å². The maximum absolute atomic E-state index is 13.8. The predicted octanol–water partition coefficient (Wildman–Crippen LogP) is 3.47. The van der Waals surface area contributed by atoms with Gasteiger partial charge >= 0.3 is 0 Å². The van der Waals surface area contributed by atoms with Crippen molar-refractivity contribution in [2.75, 3.05) is 59.1 Å². The van der Waals surface area contributed by atoms with E-state index in [1.54, 1.807) is 23.1 Å². The van der Waals surface area contributed by atoms with Crippen molar-refractivity contribution in [3.63, 3.8) is 0 Å². The molecule has 39 heavy (non-hydrogen) atoms. The minimum absolute atomic E-state index is 0.0322. The molecule has 0 N–H and O–H groups in total. The summed E-state index contributed by atoms with van der Waals surface area (Å²) < 4.78 is 27.1. The molecule has 206 valence electrons. The van der Waals surface area contributed by atoms with E-state index in [1.807, 2.05) is 11.1 Å². The molecular formula is C29H35N5O4S. The van der Waals surface area contributed by atoms with Gasteiger partial charge < -0.3 is 14.7 Å². The van der Waals surface area contributed by atoms with E-state index in [2.05, 4.69) is 11.0 Å². The first-order valence-electron chi connectivity index (χ1n) is 14.4. The number of sulfonamides is 1. The van der Waals surface area contributed by atoms with E-state index in [1.165, 1.54) is 41.1 Å². The van der Waals surface area contributed by atoms with Gasteiger partial charge in [0.25, 0.3) is 5.91 Å². The molecule has 0 atom stereocenters. The third-order valence-electron chi connectivity index (χ3n) is 8.81. The molecule has 0 spiro atoms. The second kappa shape index (κ2) is 9.50. The Bertz CT molecular complexity index is 1430. The van der Waals surface area contributed by atoms with Gasteiger partial charge in [-0.1, -0.05) is 6.07 Å². The first-order valence-corrected chi connectivity index (χ1v) is 16.0. The summed E-state index contributed by atoms with van der Waals surface area (Å²) in [6, 6.07) is 7.60. The fourth-order valence-corrected chi connectivity index (χ4v) is 7.86. The van der Waals surface area contributed by atoms with Crippen molar-refractivity contribution in [1.29, 1.82) is 0 Å². The van der Waals surface area contributed by atoms with Crippen LogP contribution in [0.1, 0.15) is 78.3 Å². The first-order chi connectivity index (χ1) is 18.9. The average molecular weight is 550 g/mol. The van der Waals surface area contributed by atoms with E-state index in [4.69, 9.17) is 4.98 Å². The number of carbonyl (C=O) groups is 2. The number of aromatic nitrogens is 1. The number of hydrogen-bond acceptors (Lipinski definition) is 6. The lowest BCUT2D eigenvalue weighted by Crippen LogP contribution is -2.49. The van der Waals surface area contributed by atoms with Gasteiger partial charge in [0.1, 0.15) is 5.82 Å². The van der Waals surface area contributed by atoms with E-state index in [-0.39, 0.29) is 17.6 Å². The second-order valence-corrected chi connectivity index (χ2v) is 13.6. The van der Waals surface area contributed by atoms with Gasteiger partial charge in [0.05, 0.1) is 17.0 Å². The molecule has 1 aromatic heterocycles. The van der Waals surface area contributed by atoms with Crippen molar-refractivity contribution >= 4 is 39.0 Å². The Labute approximate surface area is 229 Å². The van der Waals surface area contributed by atoms with E-state index in [0.29, 0.717) is 80.9 Å². The van der Waals surface area contributed by atoms with Gasteiger partial charge in [0, 0.05) is 57.6 Å². The number of pyridine rings is 1. The minimum Gasteiger partial charge on any atom is -0.353 e. The van der Waals surface area contributed by atoms with Gasteiger partial charge in [-0.2, -0.15) is 0 Å². The normalized spacial score (nSPS) is 23.1. The maximum atomic E-state index is 13.8. The molecule has 4 heterocycles. The van der Waals surface area contributed by atoms with Crippen molar-refractivity contribution in [1.82, 2.24) is 9.88 Å². The van der Waals surface area contributed by atoms with Crippen LogP contribution in [0.5, 0.6) is 0 Å². The summed E-state index contributed by atoms with van der Waals surface area (Å²) in [6.07, 6.45) is 8.82. The topological polar surface area (TPSA) is 94.1 Å². The van der Waals surface area contributed by atoms with Gasteiger partial charge in [0.2, 0.25) is 15.9 Å². The van der Waals surface area contributed by atoms with E-state index < -0.39 is 10.0 Å². The third kappa shape index (κ3) is 4.66. The fourth-order valence-electron chi connectivity index (χ4n) is 6.29. The Morgan fingerprint density at radius 2 is 1.67 bits per heavy atom. The van der Waals surface area contributed by atoms with Crippen LogP contribution >= 0.6 is 0 Å².